The highest BCUT2D eigenvalue weighted by Gasteiger charge is 2.04. The largest absolute Gasteiger partial charge is 0.335 e. The lowest BCUT2D eigenvalue weighted by atomic mass is 10.3. The molecule has 0 fully saturated rings. The summed E-state index contributed by atoms with van der Waals surface area (Å²) in [4.78, 5) is 10.6. The fourth-order valence-corrected chi connectivity index (χ4v) is 0.730. The normalized spacial score (nSPS) is 26.3. The van der Waals surface area contributed by atoms with Crippen LogP contribution >= 0.6 is 0 Å². The van der Waals surface area contributed by atoms with Crippen LogP contribution in [-0.2, 0) is 0 Å². The van der Waals surface area contributed by atoms with Crippen LogP contribution in [0.3, 0.4) is 0 Å². The van der Waals surface area contributed by atoms with Gasteiger partial charge in [-0.05, 0) is 6.92 Å². The second-order valence-electron chi connectivity index (χ2n) is 2.07. The van der Waals surface area contributed by atoms with Crippen molar-refractivity contribution in [2.24, 2.45) is 0 Å². The van der Waals surface area contributed by atoms with Gasteiger partial charge < -0.3 is 10.6 Å². The molecular weight excluding hydrogens is 116 g/mol. The van der Waals surface area contributed by atoms with Gasteiger partial charge in [0, 0.05) is 12.6 Å². The summed E-state index contributed by atoms with van der Waals surface area (Å²) in [6, 6.07) is 0.0694. The van der Waals surface area contributed by atoms with Gasteiger partial charge in [-0.3, -0.25) is 0 Å². The van der Waals surface area contributed by atoms with Crippen molar-refractivity contribution in [3.8, 4) is 0 Å². The summed E-state index contributed by atoms with van der Waals surface area (Å²) in [5.74, 6) is 0. The average Bonchev–Trinajstić information content (AvgIpc) is 1.93. The van der Waals surface area contributed by atoms with Crippen molar-refractivity contribution in [2.75, 3.05) is 6.54 Å². The quantitative estimate of drug-likeness (QED) is 0.449. The maximum absolute atomic E-state index is 10.6. The summed E-state index contributed by atoms with van der Waals surface area (Å²) in [6.07, 6.45) is 3.89. The lowest BCUT2D eigenvalue weighted by Crippen LogP contribution is -2.37. The lowest BCUT2D eigenvalue weighted by Gasteiger charge is -2.04. The molecule has 9 heavy (non-hydrogen) atoms. The standard InChI is InChI=1S/C6H10N2O/c1-5-3-2-4-7-6(9)8-5/h2-3,5H,4H2,1H3,(H2,7,8,9)/t5-/m0/s1. The first-order valence-electron chi connectivity index (χ1n) is 3.00. The fraction of sp³-hybridized carbons (Fsp3) is 0.500. The number of hydrogen-bond donors (Lipinski definition) is 2. The Labute approximate surface area is 54.1 Å². The average molecular weight is 126 g/mol. The summed E-state index contributed by atoms with van der Waals surface area (Å²) in [7, 11) is 0. The van der Waals surface area contributed by atoms with E-state index >= 15 is 0 Å². The number of carbonyl (C=O) groups is 1. The van der Waals surface area contributed by atoms with Gasteiger partial charge >= 0.3 is 6.03 Å². The topological polar surface area (TPSA) is 41.1 Å². The van der Waals surface area contributed by atoms with Gasteiger partial charge in [0.15, 0.2) is 0 Å². The molecule has 2 N–H and O–H groups in total. The van der Waals surface area contributed by atoms with E-state index in [2.05, 4.69) is 10.6 Å². The van der Waals surface area contributed by atoms with Crippen LogP contribution in [0.4, 0.5) is 4.79 Å². The molecule has 0 unspecified atom stereocenters. The number of urea groups is 1. The molecular formula is C6H10N2O. The SMILES string of the molecule is C[C@H]1C=CCNC(=O)N1. The van der Waals surface area contributed by atoms with Crippen molar-refractivity contribution < 1.29 is 4.79 Å². The number of amides is 2. The molecule has 0 saturated heterocycles. The van der Waals surface area contributed by atoms with Crippen molar-refractivity contribution in [1.82, 2.24) is 10.6 Å². The number of carbonyl (C=O) groups excluding carboxylic acids is 1. The lowest BCUT2D eigenvalue weighted by molar-refractivity contribution is 0.241. The molecule has 0 aromatic heterocycles. The molecule has 1 aliphatic rings. The van der Waals surface area contributed by atoms with Gasteiger partial charge in [0.25, 0.3) is 0 Å². The Hall–Kier alpha value is -0.990. The van der Waals surface area contributed by atoms with E-state index in [1.807, 2.05) is 19.1 Å². The molecule has 1 heterocycles. The maximum atomic E-state index is 10.6. The van der Waals surface area contributed by atoms with Crippen molar-refractivity contribution >= 4 is 6.03 Å². The van der Waals surface area contributed by atoms with Crippen LogP contribution in [0, 0.1) is 0 Å². The highest BCUT2D eigenvalue weighted by molar-refractivity contribution is 5.74. The Kier molecular flexibility index (Phi) is 1.72. The van der Waals surface area contributed by atoms with Gasteiger partial charge in [-0.25, -0.2) is 4.79 Å². The van der Waals surface area contributed by atoms with Crippen molar-refractivity contribution in [1.29, 1.82) is 0 Å². The van der Waals surface area contributed by atoms with Crippen LogP contribution in [-0.4, -0.2) is 18.6 Å². The molecule has 0 aromatic carbocycles. The zero-order chi connectivity index (χ0) is 6.69. The molecule has 3 nitrogen and oxygen atoms in total. The second-order valence-corrected chi connectivity index (χ2v) is 2.07. The van der Waals surface area contributed by atoms with E-state index in [9.17, 15) is 4.79 Å². The van der Waals surface area contributed by atoms with Crippen LogP contribution < -0.4 is 10.6 Å². The van der Waals surface area contributed by atoms with E-state index < -0.39 is 0 Å². The monoisotopic (exact) mass is 126 g/mol. The molecule has 3 heteroatoms. The molecule has 0 saturated carbocycles. The van der Waals surface area contributed by atoms with E-state index in [-0.39, 0.29) is 12.1 Å². The predicted octanol–water partition coefficient (Wildman–Crippen LogP) is 0.244. The van der Waals surface area contributed by atoms with E-state index in [0.29, 0.717) is 6.54 Å². The highest BCUT2D eigenvalue weighted by atomic mass is 16.2. The minimum Gasteiger partial charge on any atom is -0.335 e. The zero-order valence-electron chi connectivity index (χ0n) is 5.35. The first-order chi connectivity index (χ1) is 4.29. The Morgan fingerprint density at radius 1 is 1.78 bits per heavy atom. The molecule has 1 aliphatic heterocycles. The molecule has 1 atom stereocenters. The molecule has 50 valence electrons. The van der Waals surface area contributed by atoms with Gasteiger partial charge in [-0.2, -0.15) is 0 Å². The second kappa shape index (κ2) is 2.53. The van der Waals surface area contributed by atoms with Gasteiger partial charge in [0.05, 0.1) is 0 Å². The zero-order valence-corrected chi connectivity index (χ0v) is 5.35. The summed E-state index contributed by atoms with van der Waals surface area (Å²) < 4.78 is 0. The first-order valence-corrected chi connectivity index (χ1v) is 3.00. The van der Waals surface area contributed by atoms with Crippen LogP contribution in [0.1, 0.15) is 6.92 Å². The van der Waals surface area contributed by atoms with Gasteiger partial charge in [-0.1, -0.05) is 12.2 Å². The van der Waals surface area contributed by atoms with E-state index in [0.717, 1.165) is 0 Å². The van der Waals surface area contributed by atoms with Crippen LogP contribution in [0.25, 0.3) is 0 Å². The van der Waals surface area contributed by atoms with Gasteiger partial charge in [0.1, 0.15) is 0 Å². The van der Waals surface area contributed by atoms with Crippen LogP contribution in [0.15, 0.2) is 12.2 Å². The first kappa shape index (κ1) is 6.13. The Morgan fingerprint density at radius 2 is 2.56 bits per heavy atom. The Balaban J connectivity index is 2.50. The van der Waals surface area contributed by atoms with Gasteiger partial charge in [0.2, 0.25) is 0 Å². The van der Waals surface area contributed by atoms with Gasteiger partial charge in [-0.15, -0.1) is 0 Å². The molecule has 0 radical (unpaired) electrons. The molecule has 0 spiro atoms. The minimum absolute atomic E-state index is 0.0903. The van der Waals surface area contributed by atoms with Crippen LogP contribution in [0.5, 0.6) is 0 Å². The molecule has 0 aliphatic carbocycles. The third kappa shape index (κ3) is 1.76. The third-order valence-corrected chi connectivity index (χ3v) is 1.16. The number of hydrogen-bond acceptors (Lipinski definition) is 1. The summed E-state index contributed by atoms with van der Waals surface area (Å²) in [5.41, 5.74) is 0. The number of rotatable bonds is 0. The van der Waals surface area contributed by atoms with E-state index in [1.165, 1.54) is 0 Å². The maximum Gasteiger partial charge on any atom is 0.315 e. The van der Waals surface area contributed by atoms with E-state index in [4.69, 9.17) is 0 Å². The van der Waals surface area contributed by atoms with Crippen LogP contribution in [0.2, 0.25) is 0 Å². The van der Waals surface area contributed by atoms with Crippen molar-refractivity contribution in [3.05, 3.63) is 12.2 Å². The minimum atomic E-state index is -0.0903. The summed E-state index contributed by atoms with van der Waals surface area (Å²) >= 11 is 0. The summed E-state index contributed by atoms with van der Waals surface area (Å²) in [5, 5.41) is 5.34. The smallest absolute Gasteiger partial charge is 0.315 e. The van der Waals surface area contributed by atoms with E-state index in [1.54, 1.807) is 0 Å². The summed E-state index contributed by atoms with van der Waals surface area (Å²) in [6.45, 7) is 2.57. The number of nitrogens with one attached hydrogen (secondary N) is 2. The Bertz CT molecular complexity index is 142. The van der Waals surface area contributed by atoms with Crippen molar-refractivity contribution in [2.45, 2.75) is 13.0 Å². The third-order valence-electron chi connectivity index (χ3n) is 1.16. The highest BCUT2D eigenvalue weighted by Crippen LogP contribution is 1.87. The molecule has 2 amide bonds. The fourth-order valence-electron chi connectivity index (χ4n) is 0.730. The molecule has 0 bridgehead atoms. The Morgan fingerprint density at radius 3 is 3.33 bits per heavy atom. The molecule has 0 aromatic rings. The van der Waals surface area contributed by atoms with Crippen molar-refractivity contribution in [3.63, 3.8) is 0 Å². The predicted molar refractivity (Wildman–Crippen MR) is 35.1 cm³/mol. The molecule has 1 rings (SSSR count).